The molecule has 3 nitrogen and oxygen atoms in total. The molecular formula is C10H15NO2. The van der Waals surface area contributed by atoms with Gasteiger partial charge in [0, 0.05) is 12.1 Å². The maximum absolute atomic E-state index is 5.23. The Balaban J connectivity index is 2.87. The van der Waals surface area contributed by atoms with Gasteiger partial charge in [-0.15, -0.1) is 0 Å². The number of hydroxylamine groups is 1. The van der Waals surface area contributed by atoms with E-state index < -0.39 is 0 Å². The van der Waals surface area contributed by atoms with Gasteiger partial charge in [0.05, 0.1) is 14.2 Å². The first kappa shape index (κ1) is 10.0. The third-order valence-electron chi connectivity index (χ3n) is 1.98. The maximum Gasteiger partial charge on any atom is 0.123 e. The fourth-order valence-electron chi connectivity index (χ4n) is 1.24. The quantitative estimate of drug-likeness (QED) is 0.716. The van der Waals surface area contributed by atoms with Gasteiger partial charge in [-0.05, 0) is 18.6 Å². The number of hydrogen-bond acceptors (Lipinski definition) is 3. The second-order valence-electron chi connectivity index (χ2n) is 2.78. The summed E-state index contributed by atoms with van der Waals surface area (Å²) in [5.74, 6) is 0.893. The van der Waals surface area contributed by atoms with E-state index >= 15 is 0 Å². The molecule has 0 bridgehead atoms. The van der Waals surface area contributed by atoms with Gasteiger partial charge in [-0.2, -0.15) is 5.48 Å². The minimum absolute atomic E-state index is 0.659. The number of ether oxygens (including phenoxy) is 1. The van der Waals surface area contributed by atoms with E-state index in [2.05, 4.69) is 18.5 Å². The molecule has 13 heavy (non-hydrogen) atoms. The van der Waals surface area contributed by atoms with Crippen LogP contribution < -0.4 is 10.2 Å². The fourth-order valence-corrected chi connectivity index (χ4v) is 1.24. The summed E-state index contributed by atoms with van der Waals surface area (Å²) in [6, 6.07) is 5.97. The average Bonchev–Trinajstić information content (AvgIpc) is 2.15. The highest BCUT2D eigenvalue weighted by Gasteiger charge is 2.04. The predicted octanol–water partition coefficient (Wildman–Crippen LogP) is 1.65. The van der Waals surface area contributed by atoms with Crippen molar-refractivity contribution in [1.29, 1.82) is 0 Å². The van der Waals surface area contributed by atoms with Gasteiger partial charge in [0.15, 0.2) is 0 Å². The Bertz CT molecular complexity index is 274. The Morgan fingerprint density at radius 3 is 2.69 bits per heavy atom. The molecule has 0 aliphatic rings. The average molecular weight is 181 g/mol. The van der Waals surface area contributed by atoms with Crippen molar-refractivity contribution in [2.24, 2.45) is 0 Å². The zero-order valence-corrected chi connectivity index (χ0v) is 8.26. The van der Waals surface area contributed by atoms with Gasteiger partial charge in [-0.25, -0.2) is 0 Å². The predicted molar refractivity (Wildman–Crippen MR) is 51.6 cm³/mol. The molecule has 0 aromatic heterocycles. The van der Waals surface area contributed by atoms with Crippen LogP contribution in [0, 0.1) is 6.92 Å². The molecule has 72 valence electrons. The molecule has 0 saturated carbocycles. The van der Waals surface area contributed by atoms with Gasteiger partial charge < -0.3 is 9.57 Å². The van der Waals surface area contributed by atoms with Gasteiger partial charge >= 0.3 is 0 Å². The van der Waals surface area contributed by atoms with Crippen molar-refractivity contribution in [2.75, 3.05) is 14.2 Å². The highest BCUT2D eigenvalue weighted by molar-refractivity contribution is 5.39. The highest BCUT2D eigenvalue weighted by atomic mass is 16.6. The first-order valence-electron chi connectivity index (χ1n) is 4.18. The van der Waals surface area contributed by atoms with Crippen LogP contribution in [0.3, 0.4) is 0 Å². The third kappa shape index (κ3) is 2.44. The van der Waals surface area contributed by atoms with E-state index in [4.69, 9.17) is 9.57 Å². The molecule has 0 saturated heterocycles. The summed E-state index contributed by atoms with van der Waals surface area (Å²) in [6.07, 6.45) is 0. The van der Waals surface area contributed by atoms with Crippen LogP contribution in [0.2, 0.25) is 0 Å². The minimum Gasteiger partial charge on any atom is -0.496 e. The maximum atomic E-state index is 5.23. The van der Waals surface area contributed by atoms with Crippen LogP contribution >= 0.6 is 0 Å². The van der Waals surface area contributed by atoms with Crippen molar-refractivity contribution < 1.29 is 9.57 Å². The molecule has 0 unspecified atom stereocenters. The Morgan fingerprint density at radius 1 is 1.31 bits per heavy atom. The van der Waals surface area contributed by atoms with Crippen LogP contribution in [0.5, 0.6) is 5.75 Å². The topological polar surface area (TPSA) is 30.5 Å². The fraction of sp³-hybridized carbons (Fsp3) is 0.400. The van der Waals surface area contributed by atoms with Crippen molar-refractivity contribution in [2.45, 2.75) is 13.5 Å². The molecule has 1 N–H and O–H groups in total. The summed E-state index contributed by atoms with van der Waals surface area (Å²) < 4.78 is 5.23. The Hall–Kier alpha value is -1.06. The molecule has 0 radical (unpaired) electrons. The lowest BCUT2D eigenvalue weighted by Crippen LogP contribution is -2.12. The summed E-state index contributed by atoms with van der Waals surface area (Å²) >= 11 is 0. The van der Waals surface area contributed by atoms with E-state index in [1.165, 1.54) is 5.56 Å². The van der Waals surface area contributed by atoms with Crippen LogP contribution in [0.4, 0.5) is 0 Å². The molecular weight excluding hydrogens is 166 g/mol. The Kier molecular flexibility index (Phi) is 3.73. The summed E-state index contributed by atoms with van der Waals surface area (Å²) in [7, 11) is 3.27. The molecule has 0 amide bonds. The lowest BCUT2D eigenvalue weighted by molar-refractivity contribution is 0.0860. The summed E-state index contributed by atoms with van der Waals surface area (Å²) in [5.41, 5.74) is 5.13. The van der Waals surface area contributed by atoms with Crippen LogP contribution in [0.25, 0.3) is 0 Å². The molecule has 0 atom stereocenters. The molecule has 0 aliphatic carbocycles. The normalized spacial score (nSPS) is 10.1. The smallest absolute Gasteiger partial charge is 0.123 e. The van der Waals surface area contributed by atoms with E-state index in [0.29, 0.717) is 6.54 Å². The van der Waals surface area contributed by atoms with Gasteiger partial charge in [-0.3, -0.25) is 0 Å². The third-order valence-corrected chi connectivity index (χ3v) is 1.98. The van der Waals surface area contributed by atoms with Gasteiger partial charge in [-0.1, -0.05) is 12.1 Å². The molecule has 1 aromatic rings. The zero-order chi connectivity index (χ0) is 9.68. The van der Waals surface area contributed by atoms with Crippen LogP contribution in [0.1, 0.15) is 11.1 Å². The molecule has 0 spiro atoms. The summed E-state index contributed by atoms with van der Waals surface area (Å²) in [4.78, 5) is 4.79. The minimum atomic E-state index is 0.659. The first-order valence-corrected chi connectivity index (χ1v) is 4.18. The number of hydrogen-bond donors (Lipinski definition) is 1. The van der Waals surface area contributed by atoms with Gasteiger partial charge in [0.25, 0.3) is 0 Å². The van der Waals surface area contributed by atoms with E-state index in [9.17, 15) is 0 Å². The number of methoxy groups -OCH3 is 1. The van der Waals surface area contributed by atoms with Crippen molar-refractivity contribution in [3.8, 4) is 5.75 Å². The Labute approximate surface area is 78.6 Å². The lowest BCUT2D eigenvalue weighted by atomic mass is 10.1. The second-order valence-corrected chi connectivity index (χ2v) is 2.78. The van der Waals surface area contributed by atoms with Crippen molar-refractivity contribution in [3.63, 3.8) is 0 Å². The van der Waals surface area contributed by atoms with Crippen LogP contribution in [0.15, 0.2) is 18.2 Å². The molecule has 0 aliphatic heterocycles. The number of rotatable bonds is 4. The highest BCUT2D eigenvalue weighted by Crippen LogP contribution is 2.20. The standard InChI is InChI=1S/C10H15NO2/c1-8-5-4-6-10(12-2)9(8)7-11-13-3/h4-6,11H,7H2,1-3H3. The van der Waals surface area contributed by atoms with Crippen molar-refractivity contribution >= 4 is 0 Å². The van der Waals surface area contributed by atoms with E-state index in [-0.39, 0.29) is 0 Å². The molecule has 1 aromatic carbocycles. The summed E-state index contributed by atoms with van der Waals surface area (Å²) in [6.45, 7) is 2.71. The van der Waals surface area contributed by atoms with Gasteiger partial charge in [0.1, 0.15) is 5.75 Å². The molecule has 0 fully saturated rings. The van der Waals surface area contributed by atoms with Crippen LogP contribution in [-0.2, 0) is 11.4 Å². The zero-order valence-electron chi connectivity index (χ0n) is 8.26. The lowest BCUT2D eigenvalue weighted by Gasteiger charge is -2.10. The largest absolute Gasteiger partial charge is 0.496 e. The first-order chi connectivity index (χ1) is 6.29. The Morgan fingerprint density at radius 2 is 2.08 bits per heavy atom. The van der Waals surface area contributed by atoms with Crippen molar-refractivity contribution in [1.82, 2.24) is 5.48 Å². The molecule has 3 heteroatoms. The number of benzene rings is 1. The SMILES string of the molecule is CONCc1c(C)cccc1OC. The molecule has 1 rings (SSSR count). The summed E-state index contributed by atoms with van der Waals surface area (Å²) in [5, 5.41) is 0. The van der Waals surface area contributed by atoms with Gasteiger partial charge in [0.2, 0.25) is 0 Å². The van der Waals surface area contributed by atoms with E-state index in [1.54, 1.807) is 14.2 Å². The monoisotopic (exact) mass is 181 g/mol. The number of aryl methyl sites for hydroxylation is 1. The molecule has 0 heterocycles. The second kappa shape index (κ2) is 4.84. The van der Waals surface area contributed by atoms with E-state index in [1.807, 2.05) is 12.1 Å². The number of nitrogens with one attached hydrogen (secondary N) is 1. The van der Waals surface area contributed by atoms with Crippen LogP contribution in [-0.4, -0.2) is 14.2 Å². The van der Waals surface area contributed by atoms with Crippen molar-refractivity contribution in [3.05, 3.63) is 29.3 Å². The van der Waals surface area contributed by atoms with E-state index in [0.717, 1.165) is 11.3 Å².